The van der Waals surface area contributed by atoms with E-state index in [2.05, 4.69) is 36.8 Å². The van der Waals surface area contributed by atoms with Crippen LogP contribution < -0.4 is 0 Å². The van der Waals surface area contributed by atoms with Crippen LogP contribution in [-0.4, -0.2) is 35.6 Å². The van der Waals surface area contributed by atoms with Gasteiger partial charge in [-0.15, -0.1) is 11.3 Å². The molecule has 1 aliphatic heterocycles. The standard InChI is InChI=1S/C12H17Br2NO2S2/c1-9-5-18-11(15-9)4-12(7-13,8-14)10-2-3-19(16,17)6-10/h5,10H,2-4,6-8H2,1H3. The van der Waals surface area contributed by atoms with Crippen molar-refractivity contribution >= 4 is 53.0 Å². The lowest BCUT2D eigenvalue weighted by Crippen LogP contribution is -2.37. The molecule has 0 aromatic carbocycles. The van der Waals surface area contributed by atoms with Gasteiger partial charge in [-0.2, -0.15) is 0 Å². The number of rotatable bonds is 5. The number of nitrogens with zero attached hydrogens (tertiary/aromatic N) is 1. The summed E-state index contributed by atoms with van der Waals surface area (Å²) >= 11 is 8.86. The van der Waals surface area contributed by atoms with Crippen LogP contribution in [0, 0.1) is 18.3 Å². The molecular weight excluding hydrogens is 414 g/mol. The highest BCUT2D eigenvalue weighted by atomic mass is 79.9. The van der Waals surface area contributed by atoms with E-state index in [1.807, 2.05) is 12.3 Å². The number of thiazole rings is 1. The fourth-order valence-corrected chi connectivity index (χ4v) is 7.67. The zero-order valence-corrected chi connectivity index (χ0v) is 15.5. The van der Waals surface area contributed by atoms with Crippen molar-refractivity contribution in [3.8, 4) is 0 Å². The number of alkyl halides is 2. The van der Waals surface area contributed by atoms with Crippen LogP contribution in [-0.2, 0) is 16.3 Å². The molecule has 0 saturated carbocycles. The SMILES string of the molecule is Cc1csc(CC(CBr)(CBr)C2CCS(=O)(=O)C2)n1. The monoisotopic (exact) mass is 429 g/mol. The Morgan fingerprint density at radius 1 is 1.47 bits per heavy atom. The second-order valence-electron chi connectivity index (χ2n) is 5.29. The van der Waals surface area contributed by atoms with E-state index in [0.29, 0.717) is 11.5 Å². The minimum Gasteiger partial charge on any atom is -0.247 e. The molecule has 0 aliphatic carbocycles. The van der Waals surface area contributed by atoms with Gasteiger partial charge in [0.2, 0.25) is 0 Å². The smallest absolute Gasteiger partial charge is 0.150 e. The predicted molar refractivity (Wildman–Crippen MR) is 87.3 cm³/mol. The fourth-order valence-electron chi connectivity index (χ4n) is 2.56. The Morgan fingerprint density at radius 3 is 2.58 bits per heavy atom. The summed E-state index contributed by atoms with van der Waals surface area (Å²) in [5, 5.41) is 4.74. The van der Waals surface area contributed by atoms with Crippen LogP contribution >= 0.6 is 43.2 Å². The van der Waals surface area contributed by atoms with E-state index >= 15 is 0 Å². The molecule has 1 unspecified atom stereocenters. The number of aryl methyl sites for hydroxylation is 1. The Balaban J connectivity index is 2.22. The molecule has 3 nitrogen and oxygen atoms in total. The van der Waals surface area contributed by atoms with E-state index in [0.717, 1.165) is 34.2 Å². The molecular formula is C12H17Br2NO2S2. The maximum absolute atomic E-state index is 11.7. The lowest BCUT2D eigenvalue weighted by atomic mass is 9.76. The molecule has 2 heterocycles. The maximum atomic E-state index is 11.7. The van der Waals surface area contributed by atoms with Crippen molar-refractivity contribution in [2.45, 2.75) is 19.8 Å². The van der Waals surface area contributed by atoms with Crippen LogP contribution in [0.5, 0.6) is 0 Å². The molecule has 2 rings (SSSR count). The van der Waals surface area contributed by atoms with E-state index in [1.165, 1.54) is 0 Å². The van der Waals surface area contributed by atoms with Crippen molar-refractivity contribution in [1.82, 2.24) is 4.98 Å². The first-order valence-corrected chi connectivity index (χ1v) is 11.1. The fraction of sp³-hybridized carbons (Fsp3) is 0.750. The highest BCUT2D eigenvalue weighted by Crippen LogP contribution is 2.42. The molecule has 1 aromatic rings. The summed E-state index contributed by atoms with van der Waals surface area (Å²) in [6.45, 7) is 1.99. The van der Waals surface area contributed by atoms with Crippen molar-refractivity contribution in [2.24, 2.45) is 11.3 Å². The van der Waals surface area contributed by atoms with Gasteiger partial charge in [0.15, 0.2) is 9.84 Å². The van der Waals surface area contributed by atoms with Gasteiger partial charge in [0.05, 0.1) is 16.5 Å². The van der Waals surface area contributed by atoms with Gasteiger partial charge in [-0.25, -0.2) is 13.4 Å². The topological polar surface area (TPSA) is 47.0 Å². The molecule has 19 heavy (non-hydrogen) atoms. The highest BCUT2D eigenvalue weighted by molar-refractivity contribution is 9.09. The Morgan fingerprint density at radius 2 is 2.16 bits per heavy atom. The molecule has 1 fully saturated rings. The summed E-state index contributed by atoms with van der Waals surface area (Å²) in [6.07, 6.45) is 1.60. The van der Waals surface area contributed by atoms with Crippen molar-refractivity contribution < 1.29 is 8.42 Å². The molecule has 0 spiro atoms. The third kappa shape index (κ3) is 3.60. The van der Waals surface area contributed by atoms with Gasteiger partial charge >= 0.3 is 0 Å². The van der Waals surface area contributed by atoms with Gasteiger partial charge in [0.25, 0.3) is 0 Å². The Hall–Kier alpha value is 0.540. The van der Waals surface area contributed by atoms with Gasteiger partial charge in [-0.05, 0) is 24.7 Å². The van der Waals surface area contributed by atoms with Crippen molar-refractivity contribution in [1.29, 1.82) is 0 Å². The summed E-state index contributed by atoms with van der Waals surface area (Å²) in [6, 6.07) is 0. The lowest BCUT2D eigenvalue weighted by molar-refractivity contribution is 0.253. The van der Waals surface area contributed by atoms with Crippen molar-refractivity contribution in [3.63, 3.8) is 0 Å². The number of hydrogen-bond acceptors (Lipinski definition) is 4. The van der Waals surface area contributed by atoms with Gasteiger partial charge in [0, 0.05) is 28.2 Å². The van der Waals surface area contributed by atoms with E-state index in [-0.39, 0.29) is 11.3 Å². The van der Waals surface area contributed by atoms with Crippen LogP contribution in [0.4, 0.5) is 0 Å². The van der Waals surface area contributed by atoms with Gasteiger partial charge < -0.3 is 0 Å². The molecule has 1 aromatic heterocycles. The van der Waals surface area contributed by atoms with Crippen molar-refractivity contribution in [3.05, 3.63) is 16.1 Å². The summed E-state index contributed by atoms with van der Waals surface area (Å²) < 4.78 is 23.5. The number of aromatic nitrogens is 1. The van der Waals surface area contributed by atoms with Crippen LogP contribution in [0.25, 0.3) is 0 Å². The molecule has 7 heteroatoms. The first-order chi connectivity index (χ1) is 8.91. The van der Waals surface area contributed by atoms with E-state index < -0.39 is 9.84 Å². The van der Waals surface area contributed by atoms with Crippen LogP contribution in [0.2, 0.25) is 0 Å². The Labute approximate surface area is 135 Å². The normalized spacial score (nSPS) is 22.8. The first-order valence-electron chi connectivity index (χ1n) is 6.14. The van der Waals surface area contributed by atoms with Crippen molar-refractivity contribution in [2.75, 3.05) is 22.2 Å². The molecule has 1 saturated heterocycles. The van der Waals surface area contributed by atoms with Crippen LogP contribution in [0.1, 0.15) is 17.1 Å². The van der Waals surface area contributed by atoms with Gasteiger partial charge in [-0.3, -0.25) is 0 Å². The second kappa shape index (κ2) is 6.12. The van der Waals surface area contributed by atoms with Crippen LogP contribution in [0.3, 0.4) is 0 Å². The Bertz CT molecular complexity index is 538. The minimum absolute atomic E-state index is 0.0616. The average Bonchev–Trinajstić information content (AvgIpc) is 2.92. The highest BCUT2D eigenvalue weighted by Gasteiger charge is 2.43. The lowest BCUT2D eigenvalue weighted by Gasteiger charge is -2.35. The number of hydrogen-bond donors (Lipinski definition) is 0. The van der Waals surface area contributed by atoms with Gasteiger partial charge in [-0.1, -0.05) is 31.9 Å². The summed E-state index contributed by atoms with van der Waals surface area (Å²) in [4.78, 5) is 4.53. The molecule has 1 atom stereocenters. The first kappa shape index (κ1) is 15.9. The average molecular weight is 431 g/mol. The number of halogens is 2. The molecule has 0 radical (unpaired) electrons. The predicted octanol–water partition coefficient (Wildman–Crippen LogP) is 3.20. The van der Waals surface area contributed by atoms with Gasteiger partial charge in [0.1, 0.15) is 0 Å². The van der Waals surface area contributed by atoms with E-state index in [1.54, 1.807) is 11.3 Å². The zero-order chi connectivity index (χ0) is 14.1. The second-order valence-corrected chi connectivity index (χ2v) is 9.58. The molecule has 1 aliphatic rings. The molecule has 0 N–H and O–H groups in total. The quantitative estimate of drug-likeness (QED) is 0.673. The minimum atomic E-state index is -2.84. The zero-order valence-electron chi connectivity index (χ0n) is 10.7. The Kier molecular flexibility index (Phi) is 5.12. The van der Waals surface area contributed by atoms with E-state index in [9.17, 15) is 8.42 Å². The molecule has 0 amide bonds. The third-order valence-electron chi connectivity index (χ3n) is 3.80. The molecule has 0 bridgehead atoms. The molecule has 108 valence electrons. The van der Waals surface area contributed by atoms with Crippen LogP contribution in [0.15, 0.2) is 5.38 Å². The summed E-state index contributed by atoms with van der Waals surface area (Å²) in [5.41, 5.74) is 0.977. The van der Waals surface area contributed by atoms with E-state index in [4.69, 9.17) is 0 Å². The number of sulfone groups is 1. The summed E-state index contributed by atoms with van der Waals surface area (Å²) in [5.74, 6) is 0.852. The largest absolute Gasteiger partial charge is 0.247 e. The summed E-state index contributed by atoms with van der Waals surface area (Å²) in [7, 11) is -2.84. The maximum Gasteiger partial charge on any atom is 0.150 e. The third-order valence-corrected chi connectivity index (χ3v) is 8.77.